The van der Waals surface area contributed by atoms with Gasteiger partial charge in [0.2, 0.25) is 35.4 Å². The summed E-state index contributed by atoms with van der Waals surface area (Å²) in [5.74, 6) is -3.32. The third-order valence-electron chi connectivity index (χ3n) is 17.5. The number of primary amides is 1. The first-order valence-corrected chi connectivity index (χ1v) is 33.0. The normalized spacial score (nSPS) is 21.4. The summed E-state index contributed by atoms with van der Waals surface area (Å²) in [6.45, 7) is 9.14. The summed E-state index contributed by atoms with van der Waals surface area (Å²) in [5, 5.41) is 29.4. The molecule has 0 aliphatic carbocycles. The number of likely N-dealkylation sites (tertiary alicyclic amines) is 1. The Morgan fingerprint density at radius 1 is 0.978 bits per heavy atom. The number of hydrogen-bond acceptors (Lipinski definition) is 16. The van der Waals surface area contributed by atoms with Crippen LogP contribution in [0, 0.1) is 12.3 Å². The van der Waals surface area contributed by atoms with Crippen molar-refractivity contribution in [1.82, 2.24) is 55.6 Å². The van der Waals surface area contributed by atoms with Gasteiger partial charge in [-0.15, -0.1) is 16.4 Å². The number of thiazole rings is 1. The number of carbonyl (C=O) groups is 8. The number of hydrogen-bond donors (Lipinski definition) is 8. The molecule has 9 N–H and O–H groups in total. The van der Waals surface area contributed by atoms with Crippen LogP contribution in [-0.2, 0) is 57.5 Å². The second kappa shape index (κ2) is 27.5. The highest BCUT2D eigenvalue weighted by Crippen LogP contribution is 2.41. The minimum Gasteiger partial charge on any atom is -0.490 e. The number of rotatable bonds is 21. The highest BCUT2D eigenvalue weighted by molar-refractivity contribution is 7.70. The van der Waals surface area contributed by atoms with Crippen LogP contribution in [0.5, 0.6) is 5.75 Å². The van der Waals surface area contributed by atoms with Crippen molar-refractivity contribution in [3.8, 4) is 16.2 Å². The summed E-state index contributed by atoms with van der Waals surface area (Å²) >= 11 is 8.59. The van der Waals surface area contributed by atoms with E-state index in [9.17, 15) is 57.8 Å². The summed E-state index contributed by atoms with van der Waals surface area (Å²) in [7, 11) is -5.10. The number of aliphatic hydroxyl groups is 1. The van der Waals surface area contributed by atoms with Crippen molar-refractivity contribution in [2.45, 2.75) is 147 Å². The SMILES string of the molecule is CC(=O)N1CC[C@H]2CC[C@@H](C(=O)N[C@@H](CCC(N)=O)COc3cccc(CCCc4nnn5c4COCC(C)(C)[C@@H]5C(=O)N4C[C@H](O)C[C@H]4C(=O)N[C@@H](C)c4ccc(-c5scnc5C)cc4)c3Cl)N2C(=O)[C@@H](NC(=O)c2cc3cc(C(=O)P(=O)(O)O)ccc3[nH]2)C1. The van der Waals surface area contributed by atoms with E-state index in [1.807, 2.05) is 58.0 Å². The van der Waals surface area contributed by atoms with Gasteiger partial charge >= 0.3 is 7.60 Å². The fourth-order valence-electron chi connectivity index (χ4n) is 12.6. The minimum absolute atomic E-state index is 0.0386. The van der Waals surface area contributed by atoms with Crippen LogP contribution in [0.1, 0.15) is 134 Å². The molecule has 7 amide bonds. The number of benzene rings is 3. The van der Waals surface area contributed by atoms with Crippen LogP contribution in [0.3, 0.4) is 0 Å². The third-order valence-corrected chi connectivity index (χ3v) is 19.7. The van der Waals surface area contributed by atoms with Gasteiger partial charge in [-0.3, -0.25) is 42.9 Å². The lowest BCUT2D eigenvalue weighted by atomic mass is 9.84. The Balaban J connectivity index is 0.773. The molecule has 3 saturated heterocycles. The molecule has 10 rings (SSSR count). The first-order valence-electron chi connectivity index (χ1n) is 30.2. The number of nitrogens with one attached hydrogen (secondary N) is 4. The molecule has 3 aromatic carbocycles. The number of amides is 7. The summed E-state index contributed by atoms with van der Waals surface area (Å²) in [6, 6.07) is 12.5. The lowest BCUT2D eigenvalue weighted by Crippen LogP contribution is -2.61. The maximum atomic E-state index is 14.9. The molecule has 484 valence electrons. The Hall–Kier alpha value is -7.91. The highest BCUT2D eigenvalue weighted by atomic mass is 35.5. The molecule has 4 aliphatic heterocycles. The number of aliphatic hydroxyl groups excluding tert-OH is 1. The Labute approximate surface area is 533 Å². The highest BCUT2D eigenvalue weighted by Gasteiger charge is 2.49. The van der Waals surface area contributed by atoms with E-state index in [1.165, 1.54) is 45.9 Å². The number of β-amino-alcohol motifs (C(OH)–C–C–N with tert-alkyl or cyclic N) is 1. The van der Waals surface area contributed by atoms with Gasteiger partial charge in [-0.2, -0.15) is 0 Å². The van der Waals surface area contributed by atoms with Crippen LogP contribution in [0.2, 0.25) is 5.02 Å². The molecular formula is C62H74ClN12O14PS. The molecule has 0 saturated carbocycles. The van der Waals surface area contributed by atoms with Gasteiger partial charge in [0, 0.05) is 67.3 Å². The number of aromatic amines is 1. The van der Waals surface area contributed by atoms with Gasteiger partial charge in [0.25, 0.3) is 11.4 Å². The molecule has 0 unspecified atom stereocenters. The quantitative estimate of drug-likeness (QED) is 0.0448. The van der Waals surface area contributed by atoms with Gasteiger partial charge in [-0.05, 0) is 106 Å². The number of H-pyrrole nitrogens is 1. The van der Waals surface area contributed by atoms with E-state index < -0.39 is 90.6 Å². The van der Waals surface area contributed by atoms with Crippen LogP contribution in [0.4, 0.5) is 0 Å². The Bertz CT molecular complexity index is 3830. The molecule has 4 aliphatic rings. The molecule has 3 fully saturated rings. The smallest absolute Gasteiger partial charge is 0.396 e. The summed E-state index contributed by atoms with van der Waals surface area (Å²) < 4.78 is 25.7. The van der Waals surface area contributed by atoms with Gasteiger partial charge in [0.15, 0.2) is 0 Å². The lowest BCUT2D eigenvalue weighted by molar-refractivity contribution is -0.145. The Morgan fingerprint density at radius 3 is 2.45 bits per heavy atom. The van der Waals surface area contributed by atoms with Gasteiger partial charge in [0.05, 0.1) is 63.9 Å². The topological polar surface area (TPSA) is 364 Å². The number of nitrogens with zero attached hydrogens (tertiary/aromatic N) is 7. The zero-order chi connectivity index (χ0) is 65.2. The number of nitrogens with two attached hydrogens (primary N) is 1. The number of halogens is 1. The molecule has 26 nitrogen and oxygen atoms in total. The molecule has 0 spiro atoms. The van der Waals surface area contributed by atoms with Crippen LogP contribution in [0.25, 0.3) is 21.3 Å². The third kappa shape index (κ3) is 14.7. The van der Waals surface area contributed by atoms with Crippen LogP contribution < -0.4 is 26.4 Å². The first-order chi connectivity index (χ1) is 43.3. The summed E-state index contributed by atoms with van der Waals surface area (Å²) in [5.41, 5.74) is 10.0. The van der Waals surface area contributed by atoms with Crippen molar-refractivity contribution in [2.75, 3.05) is 32.8 Å². The maximum absolute atomic E-state index is 14.9. The average Bonchev–Trinajstić information content (AvgIpc) is 1.65. The zero-order valence-corrected chi connectivity index (χ0v) is 53.4. The number of ether oxygens (including phenoxy) is 2. The van der Waals surface area contributed by atoms with E-state index in [1.54, 1.807) is 33.7 Å². The van der Waals surface area contributed by atoms with Crippen molar-refractivity contribution >= 4 is 88.3 Å². The molecule has 3 aromatic heterocycles. The van der Waals surface area contributed by atoms with Crippen molar-refractivity contribution in [3.63, 3.8) is 0 Å². The van der Waals surface area contributed by atoms with E-state index in [0.717, 1.165) is 27.3 Å². The van der Waals surface area contributed by atoms with Gasteiger partial charge in [0.1, 0.15) is 42.2 Å². The van der Waals surface area contributed by atoms with E-state index in [2.05, 4.69) is 36.2 Å². The largest absolute Gasteiger partial charge is 0.490 e. The van der Waals surface area contributed by atoms with E-state index in [0.29, 0.717) is 59.8 Å². The molecule has 7 heterocycles. The standard InChI is InChI=1S/C62H74ClN12O14PS/c1-33(36-12-14-38(15-13-36)54-34(2)65-32-91-54)66-58(81)49-26-43(77)27-73(49)60(83)55-62(4,5)31-88-30-50-45(70-71-75(50)55)10-6-8-37-9-7-11-51(53(37)63)89-29-41(17-21-52(64)78)67-57(80)48-20-18-42-22-23-72(35(3)76)28-47(59(82)74(42)48)69-56(79)46-25-40-24-39(16-19-44(40)68-46)61(84)90(85,86)87/h7,9,11-16,19,24-25,32-33,41-43,47-49,55,68,77H,6,8,10,17-18,20-23,26-31H2,1-5H3,(H2,64,78)(H,66,81)(H,67,80)(H,69,79)(H2,85,86,87)/t33-,41-,42+,43+,47-,48-,49-,55-/m0/s1. The number of aromatic nitrogens is 5. The molecule has 8 atom stereocenters. The van der Waals surface area contributed by atoms with E-state index in [-0.39, 0.29) is 99.5 Å². The van der Waals surface area contributed by atoms with Crippen molar-refractivity contribution in [1.29, 1.82) is 0 Å². The van der Waals surface area contributed by atoms with Crippen LogP contribution in [0.15, 0.2) is 72.2 Å². The minimum atomic E-state index is -5.10. The van der Waals surface area contributed by atoms with Gasteiger partial charge < -0.3 is 65.7 Å². The molecule has 29 heteroatoms. The fraction of sp³-hybridized carbons (Fsp3) is 0.468. The number of aryl methyl sites for hydroxylation is 3. The van der Waals surface area contributed by atoms with Crippen molar-refractivity contribution < 1.29 is 67.3 Å². The molecule has 0 bridgehead atoms. The second-order valence-corrected chi connectivity index (χ2v) is 27.3. The average molecular weight is 1310 g/mol. The van der Waals surface area contributed by atoms with E-state index >= 15 is 0 Å². The monoisotopic (exact) mass is 1310 g/mol. The number of carbonyl (C=O) groups excluding carboxylic acids is 8. The summed E-state index contributed by atoms with van der Waals surface area (Å²) in [6.07, 6.45) is 1.52. The van der Waals surface area contributed by atoms with Crippen LogP contribution in [-0.4, -0.2) is 171 Å². The second-order valence-electron chi connectivity index (χ2n) is 24.5. The van der Waals surface area contributed by atoms with Gasteiger partial charge in [-0.25, -0.2) is 9.67 Å². The lowest BCUT2D eigenvalue weighted by Gasteiger charge is -2.38. The Kier molecular flexibility index (Phi) is 20.0. The predicted molar refractivity (Wildman–Crippen MR) is 333 cm³/mol. The van der Waals surface area contributed by atoms with Gasteiger partial charge in [-0.1, -0.05) is 67.1 Å². The van der Waals surface area contributed by atoms with Crippen LogP contribution >= 0.6 is 30.5 Å². The first kappa shape index (κ1) is 66.0. The van der Waals surface area contributed by atoms with E-state index in [4.69, 9.17) is 26.8 Å². The van der Waals surface area contributed by atoms with Crippen molar-refractivity contribution in [3.05, 3.63) is 117 Å². The zero-order valence-electron chi connectivity index (χ0n) is 50.9. The van der Waals surface area contributed by atoms with Crippen molar-refractivity contribution in [2.24, 2.45) is 11.1 Å². The predicted octanol–water partition coefficient (Wildman–Crippen LogP) is 4.81. The molecule has 0 radical (unpaired) electrons. The summed E-state index contributed by atoms with van der Waals surface area (Å²) in [4.78, 5) is 141. The number of fused-ring (bicyclic) bond motifs is 3. The maximum Gasteiger partial charge on any atom is 0.396 e. The fourth-order valence-corrected chi connectivity index (χ4v) is 14.2. The Morgan fingerprint density at radius 2 is 1.74 bits per heavy atom. The molecule has 6 aromatic rings. The molecular weight excluding hydrogens is 1240 g/mol. The molecule has 91 heavy (non-hydrogen) atoms.